The summed E-state index contributed by atoms with van der Waals surface area (Å²) in [6.07, 6.45) is -14.3. The van der Waals surface area contributed by atoms with Crippen LogP contribution in [-0.4, -0.2) is 19.4 Å². The maximum atomic E-state index is 10.0. The molecular formula is C57H46N4. The minimum atomic E-state index is -3.15. The van der Waals surface area contributed by atoms with Crippen molar-refractivity contribution in [3.8, 4) is 22.5 Å². The number of hydrogen-bond acceptors (Lipinski definition) is 3. The quantitative estimate of drug-likeness (QED) is 0.0967. The van der Waals surface area contributed by atoms with Gasteiger partial charge < -0.3 is 4.40 Å². The summed E-state index contributed by atoms with van der Waals surface area (Å²) in [7, 11) is 0. The minimum Gasteiger partial charge on any atom is -0.312 e. The smallest absolute Gasteiger partial charge is 0.0823 e. The van der Waals surface area contributed by atoms with Crippen molar-refractivity contribution in [2.24, 2.45) is 0 Å². The second kappa shape index (κ2) is 15.5. The fourth-order valence-corrected chi connectivity index (χ4v) is 8.55. The lowest BCUT2D eigenvalue weighted by atomic mass is 9.90. The zero-order valence-corrected chi connectivity index (χ0v) is 33.5. The molecule has 0 fully saturated rings. The van der Waals surface area contributed by atoms with Crippen LogP contribution in [0.25, 0.3) is 71.4 Å². The number of benzene rings is 6. The largest absolute Gasteiger partial charge is 0.312 e. The molecule has 0 radical (unpaired) electrons. The third-order valence-electron chi connectivity index (χ3n) is 11.5. The lowest BCUT2D eigenvalue weighted by molar-refractivity contribution is 0.900. The Balaban J connectivity index is 1.12. The van der Waals surface area contributed by atoms with Crippen LogP contribution >= 0.6 is 0 Å². The molecule has 0 bridgehead atoms. The van der Waals surface area contributed by atoms with Crippen molar-refractivity contribution < 1.29 is 16.4 Å². The van der Waals surface area contributed by atoms with Crippen LogP contribution in [0.3, 0.4) is 0 Å². The van der Waals surface area contributed by atoms with Crippen LogP contribution in [0, 0.1) is 13.8 Å². The number of aromatic nitrogens is 4. The molecule has 61 heavy (non-hydrogen) atoms. The summed E-state index contributed by atoms with van der Waals surface area (Å²) in [5.74, 6) is 0. The average molecular weight is 799 g/mol. The maximum absolute atomic E-state index is 10.0. The van der Waals surface area contributed by atoms with E-state index in [2.05, 4.69) is 21.3 Å². The van der Waals surface area contributed by atoms with Crippen molar-refractivity contribution in [1.82, 2.24) is 19.4 Å². The first kappa shape index (κ1) is 26.1. The van der Waals surface area contributed by atoms with Gasteiger partial charge in [0.25, 0.3) is 0 Å². The molecule has 0 N–H and O–H groups in total. The average Bonchev–Trinajstić information content (AvgIpc) is 3.68. The summed E-state index contributed by atoms with van der Waals surface area (Å²) in [4.78, 5) is 13.8. The molecule has 11 rings (SSSR count). The molecule has 294 valence electrons. The summed E-state index contributed by atoms with van der Waals surface area (Å²) >= 11 is 0. The van der Waals surface area contributed by atoms with Gasteiger partial charge in [-0.05, 0) is 125 Å². The van der Waals surface area contributed by atoms with E-state index >= 15 is 0 Å². The standard InChI is InChI=1S/C57H46N4/c1-37-38(2)61-52-20-12-11-19-49(52)56-55-54(48-18-10-9-17-47(48)53(37)57(55)61)46(36-60-56)28-25-43-32-41(23-21-39-26-29-50(58-34-39)44-13-5-3-6-14-44)31-42(33-43)24-22-40-27-30-51(59-35-40)45-15-7-4-8-16-45/h3-20,26-27,29-36H,21-25,28H2,1-2H3/i21D2,22D2,23D2,24D2,25D2,28D2. The van der Waals surface area contributed by atoms with E-state index in [1.54, 1.807) is 12.1 Å². The van der Waals surface area contributed by atoms with E-state index in [0.717, 1.165) is 67.8 Å². The van der Waals surface area contributed by atoms with Crippen LogP contribution in [0.2, 0.25) is 0 Å². The molecule has 6 aromatic carbocycles. The van der Waals surface area contributed by atoms with Gasteiger partial charge in [-0.25, -0.2) is 0 Å². The van der Waals surface area contributed by atoms with E-state index in [9.17, 15) is 16.4 Å². The number of nitrogens with zero attached hydrogens (tertiary/aromatic N) is 4. The van der Waals surface area contributed by atoms with Gasteiger partial charge in [0.15, 0.2) is 0 Å². The van der Waals surface area contributed by atoms with Gasteiger partial charge in [0.05, 0.1) is 27.9 Å². The van der Waals surface area contributed by atoms with E-state index in [0.29, 0.717) is 33.1 Å². The van der Waals surface area contributed by atoms with Crippen LogP contribution in [0.4, 0.5) is 0 Å². The highest BCUT2D eigenvalue weighted by Crippen LogP contribution is 2.45. The summed E-state index contributed by atoms with van der Waals surface area (Å²) in [6, 6.07) is 42.8. The first-order valence-electron chi connectivity index (χ1n) is 26.3. The van der Waals surface area contributed by atoms with Crippen LogP contribution < -0.4 is 0 Å². The SMILES string of the molecule is [2H]C([2H])(c1ccc(-c2ccccc2)nc1)C([2H])([2H])c1cc(C([2H])([2H])C([2H])([2H])c2ccc(-c3ccccc3)nc2)cc(C([2H])([2H])C([2H])([2H])c2cnc3c4ccccc4n4c(C)c(C)c5c6ccccc6c2c3c54)c1. The van der Waals surface area contributed by atoms with E-state index in [4.69, 9.17) is 4.98 Å². The second-order valence-electron chi connectivity index (χ2n) is 15.2. The van der Waals surface area contributed by atoms with Crippen LogP contribution in [0.15, 0.2) is 170 Å². The van der Waals surface area contributed by atoms with E-state index in [1.165, 1.54) is 30.7 Å². The first-order valence-corrected chi connectivity index (χ1v) is 20.3. The molecule has 0 unspecified atom stereocenters. The van der Waals surface area contributed by atoms with Gasteiger partial charge >= 0.3 is 0 Å². The van der Waals surface area contributed by atoms with Crippen LogP contribution in [0.5, 0.6) is 0 Å². The van der Waals surface area contributed by atoms with E-state index in [1.807, 2.05) is 116 Å². The van der Waals surface area contributed by atoms with Gasteiger partial charge in [-0.1, -0.05) is 133 Å². The van der Waals surface area contributed by atoms with Crippen molar-refractivity contribution in [2.75, 3.05) is 0 Å². The Hall–Kier alpha value is -7.17. The number of aryl methyl sites for hydroxylation is 8. The number of pyridine rings is 4. The summed E-state index contributed by atoms with van der Waals surface area (Å²) in [6.45, 7) is 4.08. The highest BCUT2D eigenvalue weighted by molar-refractivity contribution is 6.33. The Morgan fingerprint density at radius 2 is 0.934 bits per heavy atom. The first-order chi connectivity index (χ1) is 34.6. The Morgan fingerprint density at radius 1 is 0.443 bits per heavy atom. The van der Waals surface area contributed by atoms with E-state index < -0.39 is 54.9 Å². The van der Waals surface area contributed by atoms with Crippen LogP contribution in [-0.2, 0) is 38.2 Å². The third kappa shape index (κ3) is 6.69. The molecule has 0 saturated heterocycles. The van der Waals surface area contributed by atoms with Gasteiger partial charge in [0.2, 0.25) is 0 Å². The molecule has 4 nitrogen and oxygen atoms in total. The van der Waals surface area contributed by atoms with Crippen LogP contribution in [0.1, 0.15) is 61.1 Å². The zero-order valence-electron chi connectivity index (χ0n) is 45.5. The lowest BCUT2D eigenvalue weighted by Gasteiger charge is -2.18. The Morgan fingerprint density at radius 3 is 1.49 bits per heavy atom. The molecule has 0 amide bonds. The fourth-order valence-electron chi connectivity index (χ4n) is 8.55. The molecule has 0 aliphatic heterocycles. The Kier molecular flexibility index (Phi) is 6.62. The topological polar surface area (TPSA) is 43.1 Å². The number of para-hydroxylation sites is 1. The fraction of sp³-hybridized carbons (Fsp3) is 0.140. The highest BCUT2D eigenvalue weighted by Gasteiger charge is 2.23. The highest BCUT2D eigenvalue weighted by atomic mass is 14.9. The number of hydrogen-bond donors (Lipinski definition) is 0. The lowest BCUT2D eigenvalue weighted by Crippen LogP contribution is -2.02. The monoisotopic (exact) mass is 798 g/mol. The maximum Gasteiger partial charge on any atom is 0.0823 e. The molecule has 0 aliphatic carbocycles. The molecule has 11 aromatic rings. The normalized spacial score (nSPS) is 16.2. The van der Waals surface area contributed by atoms with Crippen molar-refractivity contribution in [2.45, 2.75) is 52.1 Å². The third-order valence-corrected chi connectivity index (χ3v) is 11.5. The predicted molar refractivity (Wildman–Crippen MR) is 254 cm³/mol. The summed E-state index contributed by atoms with van der Waals surface area (Å²) in [5.41, 5.74) is 4.75. The molecule has 0 atom stereocenters. The number of fused-ring (bicyclic) bond motifs is 6. The molecule has 0 saturated carbocycles. The van der Waals surface area contributed by atoms with Gasteiger partial charge in [-0.15, -0.1) is 0 Å². The van der Waals surface area contributed by atoms with Gasteiger partial charge in [0, 0.05) is 68.0 Å². The van der Waals surface area contributed by atoms with E-state index in [-0.39, 0.29) is 16.7 Å². The molecule has 0 aliphatic rings. The molecule has 5 aromatic heterocycles. The molecule has 0 spiro atoms. The van der Waals surface area contributed by atoms with Gasteiger partial charge in [-0.3, -0.25) is 15.0 Å². The Labute approximate surface area is 373 Å². The number of rotatable bonds is 11. The Bertz CT molecular complexity index is 3790. The molecule has 5 heterocycles. The van der Waals surface area contributed by atoms with Crippen molar-refractivity contribution >= 4 is 48.9 Å². The zero-order chi connectivity index (χ0) is 51.6. The molecule has 4 heteroatoms. The summed E-state index contributed by atoms with van der Waals surface area (Å²) < 4.78 is 118. The second-order valence-corrected chi connectivity index (χ2v) is 15.2. The molecular weight excluding hydrogens is 741 g/mol. The minimum absolute atomic E-state index is 0.116. The van der Waals surface area contributed by atoms with Crippen molar-refractivity contribution in [3.05, 3.63) is 215 Å². The predicted octanol–water partition coefficient (Wildman–Crippen LogP) is 13.5. The van der Waals surface area contributed by atoms with Crippen molar-refractivity contribution in [3.63, 3.8) is 0 Å². The van der Waals surface area contributed by atoms with Gasteiger partial charge in [0.1, 0.15) is 0 Å². The summed E-state index contributed by atoms with van der Waals surface area (Å²) in [5, 5.41) is 4.30. The van der Waals surface area contributed by atoms with Gasteiger partial charge in [-0.2, -0.15) is 0 Å². The van der Waals surface area contributed by atoms with Crippen molar-refractivity contribution in [1.29, 1.82) is 0 Å².